The van der Waals surface area contributed by atoms with Gasteiger partial charge in [-0.05, 0) is 6.07 Å². The Morgan fingerprint density at radius 1 is 1.32 bits per heavy atom. The molecule has 0 amide bonds. The molecule has 0 atom stereocenters. The molecule has 3 aromatic rings. The Bertz CT molecular complexity index is 807. The van der Waals surface area contributed by atoms with Crippen molar-refractivity contribution in [3.63, 3.8) is 0 Å². The molecule has 5 nitrogen and oxygen atoms in total. The van der Waals surface area contributed by atoms with Gasteiger partial charge in [0, 0.05) is 35.1 Å². The molecule has 0 aliphatic carbocycles. The number of ether oxygens (including phenoxy) is 2. The Balaban J connectivity index is 2.03. The summed E-state index contributed by atoms with van der Waals surface area (Å²) in [5.41, 5.74) is 2.95. The van der Waals surface area contributed by atoms with Gasteiger partial charge in [0.2, 0.25) is 0 Å². The van der Waals surface area contributed by atoms with E-state index in [2.05, 4.69) is 21.9 Å². The second-order valence-electron chi connectivity index (χ2n) is 4.66. The van der Waals surface area contributed by atoms with E-state index in [4.69, 9.17) is 9.47 Å². The maximum atomic E-state index is 5.38. The van der Waals surface area contributed by atoms with Gasteiger partial charge in [-0.15, -0.1) is 17.9 Å². The van der Waals surface area contributed by atoms with Gasteiger partial charge in [-0.1, -0.05) is 6.08 Å². The molecular weight excluding hydrogens is 298 g/mol. The molecule has 0 spiro atoms. The standard InChI is InChI=1S/C16H17N3O2S/c1-4-5-17-16-19-13(9-22-16)11-8-18-12-7-15(21-3)14(20-2)6-10(11)12/h4,6-9,18H,1,5H2,2-3H3,(H,17,19). The van der Waals surface area contributed by atoms with E-state index in [1.807, 2.05) is 29.8 Å². The summed E-state index contributed by atoms with van der Waals surface area (Å²) in [6.07, 6.45) is 3.76. The van der Waals surface area contributed by atoms with Gasteiger partial charge in [-0.25, -0.2) is 4.98 Å². The number of anilines is 1. The van der Waals surface area contributed by atoms with Crippen molar-refractivity contribution in [2.24, 2.45) is 0 Å². The maximum Gasteiger partial charge on any atom is 0.183 e. The number of aromatic amines is 1. The summed E-state index contributed by atoms with van der Waals surface area (Å²) in [5, 5.41) is 7.17. The van der Waals surface area contributed by atoms with Crippen LogP contribution in [0.2, 0.25) is 0 Å². The Kier molecular flexibility index (Phi) is 4.02. The highest BCUT2D eigenvalue weighted by atomic mass is 32.1. The van der Waals surface area contributed by atoms with Gasteiger partial charge in [-0.2, -0.15) is 0 Å². The van der Waals surface area contributed by atoms with Gasteiger partial charge in [0.1, 0.15) is 0 Å². The van der Waals surface area contributed by atoms with Crippen LogP contribution in [-0.2, 0) is 0 Å². The largest absolute Gasteiger partial charge is 0.493 e. The zero-order chi connectivity index (χ0) is 15.5. The highest BCUT2D eigenvalue weighted by Gasteiger charge is 2.13. The van der Waals surface area contributed by atoms with Gasteiger partial charge < -0.3 is 19.8 Å². The molecule has 0 fully saturated rings. The van der Waals surface area contributed by atoms with Crippen LogP contribution in [-0.4, -0.2) is 30.7 Å². The van der Waals surface area contributed by atoms with Gasteiger partial charge in [-0.3, -0.25) is 0 Å². The predicted molar refractivity (Wildman–Crippen MR) is 91.2 cm³/mol. The zero-order valence-electron chi connectivity index (χ0n) is 12.5. The summed E-state index contributed by atoms with van der Waals surface area (Å²) in [6.45, 7) is 4.39. The number of H-pyrrole nitrogens is 1. The van der Waals surface area contributed by atoms with Crippen molar-refractivity contribution in [1.29, 1.82) is 0 Å². The minimum absolute atomic E-state index is 0.700. The number of rotatable bonds is 6. The number of nitrogens with zero attached hydrogens (tertiary/aromatic N) is 1. The highest BCUT2D eigenvalue weighted by Crippen LogP contribution is 2.37. The number of nitrogens with one attached hydrogen (secondary N) is 2. The summed E-state index contributed by atoms with van der Waals surface area (Å²) in [7, 11) is 3.27. The van der Waals surface area contributed by atoms with E-state index >= 15 is 0 Å². The lowest BCUT2D eigenvalue weighted by Gasteiger charge is -2.07. The van der Waals surface area contributed by atoms with Crippen LogP contribution in [0, 0.1) is 0 Å². The lowest BCUT2D eigenvalue weighted by atomic mass is 10.1. The van der Waals surface area contributed by atoms with Crippen molar-refractivity contribution >= 4 is 27.4 Å². The molecule has 0 unspecified atom stereocenters. The smallest absolute Gasteiger partial charge is 0.183 e. The normalized spacial score (nSPS) is 10.6. The number of fused-ring (bicyclic) bond motifs is 1. The minimum Gasteiger partial charge on any atom is -0.493 e. The molecule has 3 rings (SSSR count). The quantitative estimate of drug-likeness (QED) is 0.677. The molecule has 2 N–H and O–H groups in total. The van der Waals surface area contributed by atoms with Crippen LogP contribution < -0.4 is 14.8 Å². The van der Waals surface area contributed by atoms with Gasteiger partial charge in [0.05, 0.1) is 25.4 Å². The number of benzene rings is 1. The second-order valence-corrected chi connectivity index (χ2v) is 5.52. The summed E-state index contributed by atoms with van der Waals surface area (Å²) in [5.74, 6) is 1.41. The van der Waals surface area contributed by atoms with Crippen molar-refractivity contribution in [3.8, 4) is 22.8 Å². The molecule has 0 aliphatic rings. The number of hydrogen-bond donors (Lipinski definition) is 2. The van der Waals surface area contributed by atoms with Crippen LogP contribution in [0.1, 0.15) is 0 Å². The number of methoxy groups -OCH3 is 2. The van der Waals surface area contributed by atoms with E-state index in [-0.39, 0.29) is 0 Å². The summed E-state index contributed by atoms with van der Waals surface area (Å²) in [6, 6.07) is 3.90. The van der Waals surface area contributed by atoms with Gasteiger partial charge in [0.25, 0.3) is 0 Å². The molecule has 1 aromatic carbocycles. The van der Waals surface area contributed by atoms with E-state index in [1.165, 1.54) is 0 Å². The van der Waals surface area contributed by atoms with Crippen LogP contribution in [0.4, 0.5) is 5.13 Å². The molecule has 6 heteroatoms. The van der Waals surface area contributed by atoms with E-state index in [0.717, 1.165) is 27.3 Å². The number of thiazole rings is 1. The Labute approximate surface area is 132 Å². The molecule has 0 bridgehead atoms. The Morgan fingerprint density at radius 2 is 2.09 bits per heavy atom. The summed E-state index contributed by atoms with van der Waals surface area (Å²) < 4.78 is 10.7. The lowest BCUT2D eigenvalue weighted by Crippen LogP contribution is -1.96. The van der Waals surface area contributed by atoms with Gasteiger partial charge >= 0.3 is 0 Å². The summed E-state index contributed by atoms with van der Waals surface area (Å²) >= 11 is 1.57. The van der Waals surface area contributed by atoms with Crippen LogP contribution in [0.25, 0.3) is 22.2 Å². The topological polar surface area (TPSA) is 59.2 Å². The van der Waals surface area contributed by atoms with E-state index in [0.29, 0.717) is 18.0 Å². The molecule has 0 saturated heterocycles. The molecule has 0 radical (unpaired) electrons. The SMILES string of the molecule is C=CCNc1nc(-c2c[nH]c3cc(OC)c(OC)cc23)cs1. The molecule has 22 heavy (non-hydrogen) atoms. The first-order valence-corrected chi connectivity index (χ1v) is 7.68. The Morgan fingerprint density at radius 3 is 2.82 bits per heavy atom. The fourth-order valence-corrected chi connectivity index (χ4v) is 3.02. The molecule has 2 aromatic heterocycles. The third kappa shape index (κ3) is 2.53. The van der Waals surface area contributed by atoms with Crippen molar-refractivity contribution < 1.29 is 9.47 Å². The van der Waals surface area contributed by atoms with Crippen molar-refractivity contribution in [3.05, 3.63) is 36.4 Å². The monoisotopic (exact) mass is 315 g/mol. The average Bonchev–Trinajstić information content (AvgIpc) is 3.17. The van der Waals surface area contributed by atoms with Crippen LogP contribution in [0.3, 0.4) is 0 Å². The maximum absolute atomic E-state index is 5.38. The second kappa shape index (κ2) is 6.11. The van der Waals surface area contributed by atoms with E-state index in [9.17, 15) is 0 Å². The minimum atomic E-state index is 0.700. The van der Waals surface area contributed by atoms with Crippen molar-refractivity contribution in [2.45, 2.75) is 0 Å². The fourth-order valence-electron chi connectivity index (χ4n) is 2.30. The first-order chi connectivity index (χ1) is 10.8. The fraction of sp³-hybridized carbons (Fsp3) is 0.188. The number of hydrogen-bond acceptors (Lipinski definition) is 5. The van der Waals surface area contributed by atoms with E-state index < -0.39 is 0 Å². The molecule has 114 valence electrons. The zero-order valence-corrected chi connectivity index (χ0v) is 13.3. The molecule has 0 aliphatic heterocycles. The van der Waals surface area contributed by atoms with E-state index in [1.54, 1.807) is 25.6 Å². The van der Waals surface area contributed by atoms with Crippen molar-refractivity contribution in [1.82, 2.24) is 9.97 Å². The van der Waals surface area contributed by atoms with Crippen LogP contribution in [0.15, 0.2) is 36.4 Å². The molecular formula is C16H17N3O2S. The average molecular weight is 315 g/mol. The third-order valence-corrected chi connectivity index (χ3v) is 4.16. The van der Waals surface area contributed by atoms with Crippen molar-refractivity contribution in [2.75, 3.05) is 26.1 Å². The van der Waals surface area contributed by atoms with Crippen LogP contribution >= 0.6 is 11.3 Å². The van der Waals surface area contributed by atoms with Gasteiger partial charge in [0.15, 0.2) is 16.6 Å². The highest BCUT2D eigenvalue weighted by molar-refractivity contribution is 7.14. The van der Waals surface area contributed by atoms with Crippen LogP contribution in [0.5, 0.6) is 11.5 Å². The first kappa shape index (κ1) is 14.5. The first-order valence-electron chi connectivity index (χ1n) is 6.80. The Hall–Kier alpha value is -2.47. The molecule has 0 saturated carbocycles. The lowest BCUT2D eigenvalue weighted by molar-refractivity contribution is 0.356. The molecule has 2 heterocycles. The summed E-state index contributed by atoms with van der Waals surface area (Å²) in [4.78, 5) is 7.86. The predicted octanol–water partition coefficient (Wildman–Crippen LogP) is 3.91. The number of aromatic nitrogens is 2. The third-order valence-electron chi connectivity index (χ3n) is 3.36.